The zero-order chi connectivity index (χ0) is 14.4. The molecule has 1 aliphatic heterocycles. The molecule has 4 heteroatoms. The Morgan fingerprint density at radius 2 is 2.20 bits per heavy atom. The van der Waals surface area contributed by atoms with Crippen molar-refractivity contribution >= 4 is 11.6 Å². The average molecular weight is 276 g/mol. The minimum atomic E-state index is -0.134. The van der Waals surface area contributed by atoms with Gasteiger partial charge in [-0.2, -0.15) is 0 Å². The molecule has 1 unspecified atom stereocenters. The Balaban J connectivity index is 1.78. The maximum absolute atomic E-state index is 12.1. The predicted octanol–water partition coefficient (Wildman–Crippen LogP) is 2.20. The van der Waals surface area contributed by atoms with Gasteiger partial charge < -0.3 is 15.4 Å². The van der Waals surface area contributed by atoms with Crippen LogP contribution in [-0.4, -0.2) is 31.7 Å². The number of carbonyl (C=O) groups excluding carboxylic acids is 1. The van der Waals surface area contributed by atoms with Crippen molar-refractivity contribution in [2.45, 2.75) is 32.7 Å². The first-order valence-electron chi connectivity index (χ1n) is 7.36. The molecule has 1 atom stereocenters. The van der Waals surface area contributed by atoms with Crippen LogP contribution >= 0.6 is 0 Å². The second-order valence-corrected chi connectivity index (χ2v) is 5.66. The van der Waals surface area contributed by atoms with E-state index in [9.17, 15) is 4.79 Å². The third-order valence-electron chi connectivity index (χ3n) is 3.38. The van der Waals surface area contributed by atoms with E-state index in [2.05, 4.69) is 30.5 Å². The fourth-order valence-electron chi connectivity index (χ4n) is 2.33. The quantitative estimate of drug-likeness (QED) is 0.783. The Bertz CT molecular complexity index is 446. The normalized spacial score (nSPS) is 18.6. The van der Waals surface area contributed by atoms with E-state index in [0.717, 1.165) is 25.1 Å². The number of hydrogen-bond donors (Lipinski definition) is 2. The maximum atomic E-state index is 12.1. The zero-order valence-electron chi connectivity index (χ0n) is 12.3. The van der Waals surface area contributed by atoms with Gasteiger partial charge in [-0.1, -0.05) is 32.0 Å². The first-order valence-corrected chi connectivity index (χ1v) is 7.36. The van der Waals surface area contributed by atoms with E-state index in [-0.39, 0.29) is 11.9 Å². The number of amides is 1. The van der Waals surface area contributed by atoms with E-state index in [4.69, 9.17) is 4.74 Å². The van der Waals surface area contributed by atoms with Crippen molar-refractivity contribution in [1.29, 1.82) is 0 Å². The van der Waals surface area contributed by atoms with Gasteiger partial charge in [0.1, 0.15) is 0 Å². The Morgan fingerprint density at radius 1 is 1.40 bits per heavy atom. The first-order chi connectivity index (χ1) is 9.66. The molecule has 1 aromatic rings. The van der Waals surface area contributed by atoms with Gasteiger partial charge in [0.25, 0.3) is 0 Å². The van der Waals surface area contributed by atoms with E-state index in [1.54, 1.807) is 0 Å². The summed E-state index contributed by atoms with van der Waals surface area (Å²) in [5.41, 5.74) is 2.15. The number of carbonyl (C=O) groups is 1. The van der Waals surface area contributed by atoms with Gasteiger partial charge in [0, 0.05) is 18.8 Å². The fourth-order valence-corrected chi connectivity index (χ4v) is 2.33. The molecule has 2 rings (SSSR count). The van der Waals surface area contributed by atoms with Crippen molar-refractivity contribution in [3.8, 4) is 0 Å². The summed E-state index contributed by atoms with van der Waals surface area (Å²) in [6.45, 7) is 6.38. The van der Waals surface area contributed by atoms with Crippen molar-refractivity contribution < 1.29 is 9.53 Å². The van der Waals surface area contributed by atoms with Gasteiger partial charge in [0.2, 0.25) is 5.91 Å². The van der Waals surface area contributed by atoms with Crippen molar-refractivity contribution in [3.63, 3.8) is 0 Å². The van der Waals surface area contributed by atoms with Gasteiger partial charge in [0.15, 0.2) is 0 Å². The summed E-state index contributed by atoms with van der Waals surface area (Å²) >= 11 is 0. The van der Waals surface area contributed by atoms with Crippen LogP contribution in [0.4, 0.5) is 5.69 Å². The Kier molecular flexibility index (Phi) is 5.56. The van der Waals surface area contributed by atoms with Crippen LogP contribution in [0, 0.1) is 5.92 Å². The largest absolute Gasteiger partial charge is 0.380 e. The van der Waals surface area contributed by atoms with Crippen LogP contribution in [0.2, 0.25) is 0 Å². The van der Waals surface area contributed by atoms with Crippen LogP contribution in [0.3, 0.4) is 0 Å². The number of fused-ring (bicyclic) bond motifs is 1. The number of aryl methyl sites for hydroxylation is 1. The minimum absolute atomic E-state index is 0.0545. The molecule has 1 aromatic carbocycles. The van der Waals surface area contributed by atoms with E-state index < -0.39 is 0 Å². The monoisotopic (exact) mass is 276 g/mol. The van der Waals surface area contributed by atoms with E-state index in [1.807, 2.05) is 18.2 Å². The molecule has 1 heterocycles. The number of rotatable bonds is 6. The zero-order valence-corrected chi connectivity index (χ0v) is 12.3. The highest BCUT2D eigenvalue weighted by Gasteiger charge is 2.22. The van der Waals surface area contributed by atoms with Crippen LogP contribution in [0.1, 0.15) is 25.8 Å². The van der Waals surface area contributed by atoms with Gasteiger partial charge in [-0.05, 0) is 30.4 Å². The molecule has 0 saturated carbocycles. The number of hydrogen-bond acceptors (Lipinski definition) is 3. The van der Waals surface area contributed by atoms with Gasteiger partial charge in [-0.25, -0.2) is 0 Å². The highest BCUT2D eigenvalue weighted by atomic mass is 16.5. The fraction of sp³-hybridized carbons (Fsp3) is 0.562. The highest BCUT2D eigenvalue weighted by molar-refractivity contribution is 5.96. The lowest BCUT2D eigenvalue weighted by Crippen LogP contribution is -2.41. The SMILES string of the molecule is CC(C)COCCNC1CCc2ccccc2NC1=O. The second-order valence-electron chi connectivity index (χ2n) is 5.66. The van der Waals surface area contributed by atoms with E-state index in [1.165, 1.54) is 5.56 Å². The Hall–Kier alpha value is -1.39. The number of anilines is 1. The molecule has 20 heavy (non-hydrogen) atoms. The van der Waals surface area contributed by atoms with Crippen molar-refractivity contribution in [2.75, 3.05) is 25.1 Å². The molecule has 0 aromatic heterocycles. The molecule has 0 aliphatic carbocycles. The van der Waals surface area contributed by atoms with Crippen LogP contribution in [0.15, 0.2) is 24.3 Å². The van der Waals surface area contributed by atoms with Gasteiger partial charge >= 0.3 is 0 Å². The Labute approximate surface area is 120 Å². The average Bonchev–Trinajstić information content (AvgIpc) is 2.57. The third-order valence-corrected chi connectivity index (χ3v) is 3.38. The van der Waals surface area contributed by atoms with Crippen molar-refractivity contribution in [1.82, 2.24) is 5.32 Å². The summed E-state index contributed by atoms with van der Waals surface area (Å²) in [7, 11) is 0. The molecule has 0 radical (unpaired) electrons. The third kappa shape index (κ3) is 4.32. The summed E-state index contributed by atoms with van der Waals surface area (Å²) in [6, 6.07) is 7.86. The maximum Gasteiger partial charge on any atom is 0.241 e. The smallest absolute Gasteiger partial charge is 0.241 e. The van der Waals surface area contributed by atoms with Crippen molar-refractivity contribution in [2.24, 2.45) is 5.92 Å². The summed E-state index contributed by atoms with van der Waals surface area (Å²) < 4.78 is 5.52. The molecule has 0 fully saturated rings. The van der Waals surface area contributed by atoms with Gasteiger partial charge in [-0.3, -0.25) is 4.79 Å². The summed E-state index contributed by atoms with van der Waals surface area (Å²) in [6.07, 6.45) is 1.74. The topological polar surface area (TPSA) is 50.4 Å². The van der Waals surface area contributed by atoms with Crippen LogP contribution < -0.4 is 10.6 Å². The van der Waals surface area contributed by atoms with Crippen molar-refractivity contribution in [3.05, 3.63) is 29.8 Å². The van der Waals surface area contributed by atoms with E-state index >= 15 is 0 Å². The molecule has 110 valence electrons. The number of para-hydroxylation sites is 1. The summed E-state index contributed by atoms with van der Waals surface area (Å²) in [5.74, 6) is 0.601. The van der Waals surface area contributed by atoms with Crippen LogP contribution in [0.25, 0.3) is 0 Å². The molecular formula is C16H24N2O2. The lowest BCUT2D eigenvalue weighted by Gasteiger charge is -2.15. The second kappa shape index (κ2) is 7.41. The first kappa shape index (κ1) is 15.0. The molecule has 2 N–H and O–H groups in total. The summed E-state index contributed by atoms with van der Waals surface area (Å²) in [5, 5.41) is 6.27. The summed E-state index contributed by atoms with van der Waals surface area (Å²) in [4.78, 5) is 12.1. The number of ether oxygens (including phenoxy) is 1. The highest BCUT2D eigenvalue weighted by Crippen LogP contribution is 2.21. The lowest BCUT2D eigenvalue weighted by molar-refractivity contribution is -0.118. The van der Waals surface area contributed by atoms with Gasteiger partial charge in [-0.15, -0.1) is 0 Å². The number of nitrogens with one attached hydrogen (secondary N) is 2. The molecule has 4 nitrogen and oxygen atoms in total. The van der Waals surface area contributed by atoms with Gasteiger partial charge in [0.05, 0.1) is 12.6 Å². The standard InChI is InChI=1S/C16H24N2O2/c1-12(2)11-20-10-9-17-15-8-7-13-5-3-4-6-14(13)18-16(15)19/h3-6,12,15,17H,7-11H2,1-2H3,(H,18,19). The van der Waals surface area contributed by atoms with Crippen LogP contribution in [-0.2, 0) is 16.0 Å². The lowest BCUT2D eigenvalue weighted by atomic mass is 10.1. The molecule has 1 aliphatic rings. The molecule has 0 saturated heterocycles. The van der Waals surface area contributed by atoms with E-state index in [0.29, 0.717) is 19.1 Å². The molecule has 0 bridgehead atoms. The molecule has 0 spiro atoms. The molecular weight excluding hydrogens is 252 g/mol. The predicted molar refractivity (Wildman–Crippen MR) is 80.8 cm³/mol. The van der Waals surface area contributed by atoms with Crippen LogP contribution in [0.5, 0.6) is 0 Å². The molecule has 1 amide bonds. The minimum Gasteiger partial charge on any atom is -0.380 e. The Morgan fingerprint density at radius 3 is 3.00 bits per heavy atom. The number of benzene rings is 1.